The second kappa shape index (κ2) is 5.04. The van der Waals surface area contributed by atoms with Gasteiger partial charge in [0.15, 0.2) is 17.6 Å². The maximum atomic E-state index is 11.5. The Bertz CT molecular complexity index is 486. The Morgan fingerprint density at radius 1 is 1.61 bits per heavy atom. The summed E-state index contributed by atoms with van der Waals surface area (Å²) in [4.78, 5) is 11.5. The summed E-state index contributed by atoms with van der Waals surface area (Å²) in [7, 11) is 0. The van der Waals surface area contributed by atoms with E-state index in [1.165, 1.54) is 6.07 Å². The number of fused-ring (bicyclic) bond motifs is 1. The molecule has 1 aliphatic rings. The molecule has 1 N–H and O–H groups in total. The highest BCUT2D eigenvalue weighted by Gasteiger charge is 2.28. The molecule has 0 radical (unpaired) electrons. The molecule has 0 amide bonds. The number of aliphatic hydroxyl groups is 1. The van der Waals surface area contributed by atoms with Crippen molar-refractivity contribution >= 4 is 17.6 Å². The van der Waals surface area contributed by atoms with Crippen LogP contribution in [0.1, 0.15) is 24.2 Å². The fraction of sp³-hybridized carbons (Fsp3) is 0.417. The fourth-order valence-electron chi connectivity index (χ4n) is 1.76. The van der Waals surface area contributed by atoms with Crippen LogP contribution >= 0.6 is 11.6 Å². The molecular formula is C12H13ClO5. The van der Waals surface area contributed by atoms with E-state index in [1.807, 2.05) is 0 Å². The number of aliphatic hydroxyl groups excluding tert-OH is 1. The number of carbonyl (C=O) groups is 1. The number of ether oxygens (including phenoxy) is 3. The number of carbonyl (C=O) groups excluding carboxylic acids is 1. The van der Waals surface area contributed by atoms with Crippen molar-refractivity contribution in [3.05, 3.63) is 22.2 Å². The van der Waals surface area contributed by atoms with Crippen molar-refractivity contribution < 1.29 is 24.1 Å². The zero-order valence-corrected chi connectivity index (χ0v) is 10.8. The summed E-state index contributed by atoms with van der Waals surface area (Å²) in [6, 6.07) is 1.50. The minimum Gasteiger partial charge on any atom is -0.464 e. The lowest BCUT2D eigenvalue weighted by Gasteiger charge is -2.14. The van der Waals surface area contributed by atoms with E-state index in [-0.39, 0.29) is 24.0 Å². The highest BCUT2D eigenvalue weighted by molar-refractivity contribution is 6.32. The monoisotopic (exact) mass is 272 g/mol. The molecule has 1 aliphatic heterocycles. The molecule has 0 spiro atoms. The smallest absolute Gasteiger partial charge is 0.339 e. The van der Waals surface area contributed by atoms with E-state index < -0.39 is 12.1 Å². The molecule has 1 heterocycles. The minimum absolute atomic E-state index is 0.103. The largest absolute Gasteiger partial charge is 0.464 e. The van der Waals surface area contributed by atoms with Crippen LogP contribution in [0.25, 0.3) is 0 Å². The third-order valence-electron chi connectivity index (χ3n) is 2.66. The maximum absolute atomic E-state index is 11.5. The lowest BCUT2D eigenvalue weighted by molar-refractivity contribution is -0.153. The number of hydrogen-bond acceptors (Lipinski definition) is 5. The molecule has 0 saturated heterocycles. The van der Waals surface area contributed by atoms with Gasteiger partial charge in [0.2, 0.25) is 6.79 Å². The molecule has 1 aromatic carbocycles. The molecule has 1 atom stereocenters. The van der Waals surface area contributed by atoms with Gasteiger partial charge in [0.1, 0.15) is 0 Å². The third kappa shape index (κ3) is 2.11. The first-order chi connectivity index (χ1) is 8.56. The van der Waals surface area contributed by atoms with Crippen LogP contribution in [0, 0.1) is 6.92 Å². The highest BCUT2D eigenvalue weighted by Crippen LogP contribution is 2.43. The quantitative estimate of drug-likeness (QED) is 0.852. The number of halogens is 1. The zero-order chi connectivity index (χ0) is 13.3. The normalized spacial score (nSPS) is 14.4. The van der Waals surface area contributed by atoms with Gasteiger partial charge in [0.05, 0.1) is 11.6 Å². The molecule has 0 fully saturated rings. The summed E-state index contributed by atoms with van der Waals surface area (Å²) in [5.41, 5.74) is 0.891. The molecule has 2 rings (SSSR count). The fourth-order valence-corrected chi connectivity index (χ4v) is 2.00. The van der Waals surface area contributed by atoms with Gasteiger partial charge in [-0.1, -0.05) is 11.6 Å². The lowest BCUT2D eigenvalue weighted by atomic mass is 10.0. The zero-order valence-electron chi connectivity index (χ0n) is 10.0. The predicted molar refractivity (Wildman–Crippen MR) is 63.9 cm³/mol. The molecule has 98 valence electrons. The van der Waals surface area contributed by atoms with E-state index in [0.717, 1.165) is 0 Å². The van der Waals surface area contributed by atoms with Crippen LogP contribution in [0.15, 0.2) is 6.07 Å². The SMILES string of the molecule is CCOC(=O)C(O)c1cc2c(c(C)c1Cl)OCO2. The Labute approximate surface area is 109 Å². The van der Waals surface area contributed by atoms with Crippen LogP contribution in [-0.2, 0) is 9.53 Å². The van der Waals surface area contributed by atoms with Gasteiger partial charge in [-0.15, -0.1) is 0 Å². The topological polar surface area (TPSA) is 65.0 Å². The molecule has 0 bridgehead atoms. The van der Waals surface area contributed by atoms with Crippen molar-refractivity contribution in [2.24, 2.45) is 0 Å². The molecule has 18 heavy (non-hydrogen) atoms. The maximum Gasteiger partial charge on any atom is 0.339 e. The van der Waals surface area contributed by atoms with Gasteiger partial charge in [0.25, 0.3) is 0 Å². The van der Waals surface area contributed by atoms with Crippen molar-refractivity contribution in [1.82, 2.24) is 0 Å². The molecule has 6 heteroatoms. The van der Waals surface area contributed by atoms with Crippen LogP contribution in [0.4, 0.5) is 0 Å². The molecule has 0 saturated carbocycles. The van der Waals surface area contributed by atoms with Crippen molar-refractivity contribution in [2.75, 3.05) is 13.4 Å². The molecule has 0 aliphatic carbocycles. The van der Waals surface area contributed by atoms with Gasteiger partial charge in [-0.3, -0.25) is 0 Å². The summed E-state index contributed by atoms with van der Waals surface area (Å²) >= 11 is 6.11. The van der Waals surface area contributed by atoms with Crippen LogP contribution in [0.2, 0.25) is 5.02 Å². The minimum atomic E-state index is -1.43. The van der Waals surface area contributed by atoms with Crippen molar-refractivity contribution in [1.29, 1.82) is 0 Å². The average molecular weight is 273 g/mol. The van der Waals surface area contributed by atoms with E-state index in [1.54, 1.807) is 13.8 Å². The van der Waals surface area contributed by atoms with Gasteiger partial charge < -0.3 is 19.3 Å². The number of esters is 1. The van der Waals surface area contributed by atoms with Crippen LogP contribution in [0.5, 0.6) is 11.5 Å². The second-order valence-electron chi connectivity index (χ2n) is 3.79. The summed E-state index contributed by atoms with van der Waals surface area (Å²) in [5.74, 6) is 0.271. The van der Waals surface area contributed by atoms with Gasteiger partial charge in [-0.05, 0) is 19.9 Å². The Morgan fingerprint density at radius 3 is 3.00 bits per heavy atom. The first-order valence-corrected chi connectivity index (χ1v) is 5.87. The van der Waals surface area contributed by atoms with Crippen LogP contribution in [0.3, 0.4) is 0 Å². The van der Waals surface area contributed by atoms with Gasteiger partial charge in [0, 0.05) is 11.1 Å². The van der Waals surface area contributed by atoms with E-state index >= 15 is 0 Å². The lowest BCUT2D eigenvalue weighted by Crippen LogP contribution is -2.16. The van der Waals surface area contributed by atoms with E-state index in [2.05, 4.69) is 0 Å². The van der Waals surface area contributed by atoms with Crippen LogP contribution < -0.4 is 9.47 Å². The van der Waals surface area contributed by atoms with Crippen molar-refractivity contribution in [3.8, 4) is 11.5 Å². The first kappa shape index (κ1) is 13.0. The first-order valence-electron chi connectivity index (χ1n) is 5.49. The van der Waals surface area contributed by atoms with E-state index in [4.69, 9.17) is 25.8 Å². The summed E-state index contributed by atoms with van der Waals surface area (Å²) < 4.78 is 15.2. The Hall–Kier alpha value is -1.46. The van der Waals surface area contributed by atoms with Crippen LogP contribution in [-0.4, -0.2) is 24.5 Å². The Balaban J connectivity index is 2.40. The summed E-state index contributed by atoms with van der Waals surface area (Å²) in [6.45, 7) is 3.69. The van der Waals surface area contributed by atoms with Crippen molar-refractivity contribution in [3.63, 3.8) is 0 Å². The summed E-state index contributed by atoms with van der Waals surface area (Å²) in [5, 5.41) is 10.2. The number of hydrogen-bond donors (Lipinski definition) is 1. The summed E-state index contributed by atoms with van der Waals surface area (Å²) in [6.07, 6.45) is -1.43. The molecule has 1 unspecified atom stereocenters. The Kier molecular flexibility index (Phi) is 3.63. The number of benzene rings is 1. The van der Waals surface area contributed by atoms with Gasteiger partial charge >= 0.3 is 5.97 Å². The highest BCUT2D eigenvalue weighted by atomic mass is 35.5. The predicted octanol–water partition coefficient (Wildman–Crippen LogP) is 1.97. The number of rotatable bonds is 3. The Morgan fingerprint density at radius 2 is 2.33 bits per heavy atom. The van der Waals surface area contributed by atoms with Gasteiger partial charge in [-0.2, -0.15) is 0 Å². The van der Waals surface area contributed by atoms with E-state index in [9.17, 15) is 9.90 Å². The molecule has 5 nitrogen and oxygen atoms in total. The van der Waals surface area contributed by atoms with E-state index in [0.29, 0.717) is 17.1 Å². The van der Waals surface area contributed by atoms with Crippen molar-refractivity contribution in [2.45, 2.75) is 20.0 Å². The second-order valence-corrected chi connectivity index (χ2v) is 4.17. The third-order valence-corrected chi connectivity index (χ3v) is 3.16. The van der Waals surface area contributed by atoms with Gasteiger partial charge in [-0.25, -0.2) is 4.79 Å². The standard InChI is InChI=1S/C12H13ClO5/c1-3-16-12(15)10(14)7-4-8-11(18-5-17-8)6(2)9(7)13/h4,10,14H,3,5H2,1-2H3. The molecule has 1 aromatic rings. The average Bonchev–Trinajstić information content (AvgIpc) is 2.81. The molecular weight excluding hydrogens is 260 g/mol. The molecule has 0 aromatic heterocycles.